The molecule has 1 amide bonds. The number of aromatic hydroxyl groups is 1. The minimum atomic E-state index is -5.32. The molecule has 0 heterocycles. The van der Waals surface area contributed by atoms with Crippen molar-refractivity contribution < 1.29 is 57.2 Å². The first-order valence-electron chi connectivity index (χ1n) is 11.2. The third kappa shape index (κ3) is 7.71. The van der Waals surface area contributed by atoms with E-state index in [1.54, 1.807) is 6.07 Å². The lowest BCUT2D eigenvalue weighted by atomic mass is 10.0. The summed E-state index contributed by atoms with van der Waals surface area (Å²) in [6.07, 6.45) is 0. The summed E-state index contributed by atoms with van der Waals surface area (Å²) in [4.78, 5) is 12.1. The van der Waals surface area contributed by atoms with Crippen molar-refractivity contribution in [2.24, 2.45) is 10.2 Å². The van der Waals surface area contributed by atoms with Crippen LogP contribution in [0.2, 0.25) is 0 Å². The lowest BCUT2D eigenvalue weighted by molar-refractivity contribution is 0.102. The van der Waals surface area contributed by atoms with Crippen LogP contribution in [0.15, 0.2) is 81.9 Å². The molecule has 0 saturated carbocycles. The van der Waals surface area contributed by atoms with Crippen LogP contribution in [0.5, 0.6) is 17.2 Å². The Morgan fingerprint density at radius 3 is 2.07 bits per heavy atom. The highest BCUT2D eigenvalue weighted by atomic mass is 32.3. The quantitative estimate of drug-likeness (QED) is 0.0857. The number of phenols is 1. The summed E-state index contributed by atoms with van der Waals surface area (Å²) in [5, 5.41) is 20.3. The number of benzene rings is 4. The number of amides is 1. The number of anilines is 2. The molecule has 4 aromatic rings. The Labute approximate surface area is 242 Å². The molecule has 0 spiro atoms. The van der Waals surface area contributed by atoms with Crippen molar-refractivity contribution in [3.63, 3.8) is 0 Å². The maximum Gasteiger partial charge on any atom is 0.446 e. The third-order valence-electron chi connectivity index (χ3n) is 5.32. The second-order valence-corrected chi connectivity index (χ2v) is 11.8. The van der Waals surface area contributed by atoms with Gasteiger partial charge >= 0.3 is 20.8 Å². The van der Waals surface area contributed by atoms with Gasteiger partial charge in [-0.3, -0.25) is 18.5 Å². The van der Waals surface area contributed by atoms with Crippen molar-refractivity contribution in [3.8, 4) is 17.2 Å². The standard InChI is InChI=1S/C23H18N4O13S3/c24-14-6-7-19(41(30,31)32)16(10-14)26-27-21-18(40-43(36,37)38)9-13-8-15(39-42(33,34)35)11-17(20(13)22(21)28)25-23(29)12-4-2-1-3-5-12/h1-11,28H,24H2,(H,25,29)(H,30,31,32)(H,33,34,35)(H,36,37,38). The largest absolute Gasteiger partial charge is 0.505 e. The van der Waals surface area contributed by atoms with E-state index in [-0.39, 0.29) is 27.7 Å². The summed E-state index contributed by atoms with van der Waals surface area (Å²) < 4.78 is 106. The fourth-order valence-corrected chi connectivity index (χ4v) is 5.02. The van der Waals surface area contributed by atoms with E-state index in [9.17, 15) is 44.3 Å². The number of azo groups is 1. The van der Waals surface area contributed by atoms with E-state index in [0.29, 0.717) is 0 Å². The van der Waals surface area contributed by atoms with Gasteiger partial charge in [0.2, 0.25) is 0 Å². The predicted molar refractivity (Wildman–Crippen MR) is 149 cm³/mol. The molecule has 0 aliphatic heterocycles. The fraction of sp³-hybridized carbons (Fsp3) is 0. The van der Waals surface area contributed by atoms with Crippen molar-refractivity contribution in [1.29, 1.82) is 0 Å². The summed E-state index contributed by atoms with van der Waals surface area (Å²) in [5.74, 6) is -3.32. The van der Waals surface area contributed by atoms with Crippen LogP contribution in [0.3, 0.4) is 0 Å². The number of fused-ring (bicyclic) bond motifs is 1. The Bertz CT molecular complexity index is 2120. The summed E-state index contributed by atoms with van der Waals surface area (Å²) in [6, 6.07) is 13.1. The van der Waals surface area contributed by atoms with Crippen molar-refractivity contribution in [2.75, 3.05) is 11.1 Å². The molecule has 17 nitrogen and oxygen atoms in total. The summed E-state index contributed by atoms with van der Waals surface area (Å²) in [7, 11) is -15.3. The van der Waals surface area contributed by atoms with Crippen LogP contribution in [-0.4, -0.2) is 49.9 Å². The van der Waals surface area contributed by atoms with E-state index in [4.69, 9.17) is 10.3 Å². The molecule has 0 aliphatic carbocycles. The van der Waals surface area contributed by atoms with Gasteiger partial charge in [-0.25, -0.2) is 0 Å². The molecule has 4 aromatic carbocycles. The number of rotatable bonds is 9. The Balaban J connectivity index is 2.01. The van der Waals surface area contributed by atoms with Crippen LogP contribution in [0.4, 0.5) is 22.7 Å². The third-order valence-corrected chi connectivity index (χ3v) is 7.02. The van der Waals surface area contributed by atoms with Crippen molar-refractivity contribution >= 4 is 70.3 Å². The van der Waals surface area contributed by atoms with Crippen LogP contribution < -0.4 is 19.4 Å². The lowest BCUT2D eigenvalue weighted by Crippen LogP contribution is -2.13. The number of phenolic OH excluding ortho intramolecular Hbond substituents is 1. The van der Waals surface area contributed by atoms with E-state index in [2.05, 4.69) is 23.9 Å². The first-order valence-corrected chi connectivity index (χ1v) is 15.4. The average molecular weight is 655 g/mol. The molecule has 4 rings (SSSR count). The molecular formula is C23H18N4O13S3. The molecule has 0 bridgehead atoms. The monoisotopic (exact) mass is 654 g/mol. The van der Waals surface area contributed by atoms with E-state index >= 15 is 0 Å². The number of hydrogen-bond donors (Lipinski definition) is 6. The lowest BCUT2D eigenvalue weighted by Gasteiger charge is -2.15. The highest BCUT2D eigenvalue weighted by Gasteiger charge is 2.24. The van der Waals surface area contributed by atoms with E-state index < -0.39 is 70.3 Å². The van der Waals surface area contributed by atoms with Gasteiger partial charge in [-0.05, 0) is 47.9 Å². The van der Waals surface area contributed by atoms with Gasteiger partial charge in [0.25, 0.3) is 16.0 Å². The fourth-order valence-electron chi connectivity index (χ4n) is 3.72. The van der Waals surface area contributed by atoms with Crippen LogP contribution >= 0.6 is 0 Å². The number of carbonyl (C=O) groups excluding carboxylic acids is 1. The Morgan fingerprint density at radius 2 is 1.47 bits per heavy atom. The minimum Gasteiger partial charge on any atom is -0.505 e. The van der Waals surface area contributed by atoms with Crippen molar-refractivity contribution in [1.82, 2.24) is 0 Å². The molecular weight excluding hydrogens is 636 g/mol. The van der Waals surface area contributed by atoms with Gasteiger partial charge in [-0.15, -0.1) is 10.2 Å². The predicted octanol–water partition coefficient (Wildman–Crippen LogP) is 3.41. The molecule has 0 aliphatic rings. The second-order valence-electron chi connectivity index (χ2n) is 8.39. The molecule has 0 radical (unpaired) electrons. The van der Waals surface area contributed by atoms with Gasteiger partial charge in [0, 0.05) is 17.3 Å². The first kappa shape index (κ1) is 31.1. The molecule has 20 heteroatoms. The maximum absolute atomic E-state index is 12.9. The summed E-state index contributed by atoms with van der Waals surface area (Å²) >= 11 is 0. The smallest absolute Gasteiger partial charge is 0.446 e. The first-order chi connectivity index (χ1) is 19.9. The second kappa shape index (κ2) is 11.4. The summed E-state index contributed by atoms with van der Waals surface area (Å²) in [5.41, 5.74) is 3.96. The highest BCUT2D eigenvalue weighted by Crippen LogP contribution is 2.48. The number of nitrogens with zero attached hydrogens (tertiary/aromatic N) is 2. The highest BCUT2D eigenvalue weighted by molar-refractivity contribution is 7.86. The van der Waals surface area contributed by atoms with Crippen molar-refractivity contribution in [3.05, 3.63) is 72.3 Å². The number of nitrogens with one attached hydrogen (secondary N) is 1. The molecule has 0 unspecified atom stereocenters. The van der Waals surface area contributed by atoms with E-state index in [1.807, 2.05) is 0 Å². The number of nitrogens with two attached hydrogens (primary N) is 1. The normalized spacial score (nSPS) is 12.3. The van der Waals surface area contributed by atoms with Gasteiger partial charge in [-0.2, -0.15) is 25.3 Å². The van der Waals surface area contributed by atoms with Crippen molar-refractivity contribution in [2.45, 2.75) is 4.90 Å². The Kier molecular flexibility index (Phi) is 8.26. The number of carbonyl (C=O) groups is 1. The molecule has 0 fully saturated rings. The number of nitrogen functional groups attached to an aromatic ring is 1. The van der Waals surface area contributed by atoms with Gasteiger partial charge < -0.3 is 24.5 Å². The summed E-state index contributed by atoms with van der Waals surface area (Å²) in [6.45, 7) is 0. The molecule has 226 valence electrons. The Morgan fingerprint density at radius 1 is 0.814 bits per heavy atom. The van der Waals surface area contributed by atoms with E-state index in [0.717, 1.165) is 36.4 Å². The maximum atomic E-state index is 12.9. The molecule has 0 atom stereocenters. The topological polar surface area (TPSA) is 282 Å². The van der Waals surface area contributed by atoms with E-state index in [1.165, 1.54) is 24.3 Å². The SMILES string of the molecule is Nc1ccc(S(=O)(=O)O)c(N=Nc2c(OS(=O)(=O)O)cc3cc(OS(=O)(=O)O)cc(NC(=O)c4ccccc4)c3c2O)c1. The average Bonchev–Trinajstić information content (AvgIpc) is 2.86. The molecule has 7 N–H and O–H groups in total. The van der Waals surface area contributed by atoms with Gasteiger partial charge in [0.15, 0.2) is 17.2 Å². The zero-order valence-electron chi connectivity index (χ0n) is 21.0. The number of hydrogen-bond acceptors (Lipinski definition) is 13. The molecule has 0 saturated heterocycles. The van der Waals surface area contributed by atoms with Crippen LogP contribution in [-0.2, 0) is 30.9 Å². The molecule has 0 aromatic heterocycles. The van der Waals surface area contributed by atoms with Crippen LogP contribution in [0.1, 0.15) is 10.4 Å². The minimum absolute atomic E-state index is 0.0317. The zero-order valence-corrected chi connectivity index (χ0v) is 23.5. The van der Waals surface area contributed by atoms with Gasteiger partial charge in [0.05, 0.1) is 11.1 Å². The van der Waals surface area contributed by atoms with Gasteiger partial charge in [0.1, 0.15) is 16.3 Å². The molecule has 43 heavy (non-hydrogen) atoms. The van der Waals surface area contributed by atoms with Crippen LogP contribution in [0.25, 0.3) is 10.8 Å². The Hall–Kier alpha value is -4.86. The zero-order chi connectivity index (χ0) is 31.7. The van der Waals surface area contributed by atoms with Crippen LogP contribution in [0, 0.1) is 0 Å². The van der Waals surface area contributed by atoms with Gasteiger partial charge in [-0.1, -0.05) is 18.2 Å².